The Kier molecular flexibility index (Phi) is 5.89. The number of fused-ring (bicyclic) bond motifs is 1. The average molecular weight is 407 g/mol. The van der Waals surface area contributed by atoms with Crippen molar-refractivity contribution in [3.05, 3.63) is 54.1 Å². The van der Waals surface area contributed by atoms with Gasteiger partial charge in [0.15, 0.2) is 0 Å². The van der Waals surface area contributed by atoms with Crippen LogP contribution in [0.5, 0.6) is 0 Å². The first-order chi connectivity index (χ1) is 14.7. The van der Waals surface area contributed by atoms with Crippen molar-refractivity contribution in [2.45, 2.75) is 13.0 Å². The fourth-order valence-electron chi connectivity index (χ4n) is 3.76. The summed E-state index contributed by atoms with van der Waals surface area (Å²) in [6.07, 6.45) is 7.22. The van der Waals surface area contributed by atoms with Gasteiger partial charge < -0.3 is 25.8 Å². The van der Waals surface area contributed by atoms with Crippen molar-refractivity contribution in [3.63, 3.8) is 0 Å². The number of hydrogen-bond donors (Lipinski definition) is 3. The summed E-state index contributed by atoms with van der Waals surface area (Å²) in [5.74, 6) is -0.0626. The number of carbonyl (C=O) groups excluding carboxylic acids is 2. The van der Waals surface area contributed by atoms with Gasteiger partial charge in [-0.3, -0.25) is 14.6 Å². The maximum absolute atomic E-state index is 12.4. The third kappa shape index (κ3) is 4.11. The number of anilines is 1. The first-order valence-electron chi connectivity index (χ1n) is 10.0. The maximum Gasteiger partial charge on any atom is 0.253 e. The molecule has 0 aromatic carbocycles. The number of nitrogens with two attached hydrogens (primary N) is 1. The largest absolute Gasteiger partial charge is 0.367 e. The summed E-state index contributed by atoms with van der Waals surface area (Å²) in [5, 5.41) is 3.94. The van der Waals surface area contributed by atoms with E-state index in [1.165, 1.54) is 0 Å². The molecule has 0 radical (unpaired) electrons. The highest BCUT2D eigenvalue weighted by molar-refractivity contribution is 5.96. The molecule has 1 aliphatic rings. The zero-order valence-electron chi connectivity index (χ0n) is 16.7. The number of aromatic amines is 1. The second-order valence-corrected chi connectivity index (χ2v) is 7.20. The normalized spacial score (nSPS) is 14.2. The number of piperazine rings is 1. The minimum Gasteiger partial charge on any atom is -0.367 e. The topological polar surface area (TPSA) is 120 Å². The predicted octanol–water partition coefficient (Wildman–Crippen LogP) is 0.885. The van der Waals surface area contributed by atoms with Crippen LogP contribution in [0.15, 0.2) is 43.0 Å². The van der Waals surface area contributed by atoms with Crippen LogP contribution in [0.1, 0.15) is 22.3 Å². The fraction of sp³-hybridized carbons (Fsp3) is 0.333. The van der Waals surface area contributed by atoms with Crippen molar-refractivity contribution in [3.8, 4) is 0 Å². The molecule has 3 aromatic rings. The Hall–Kier alpha value is -3.46. The first-order valence-corrected chi connectivity index (χ1v) is 10.0. The number of nitrogens with zero attached hydrogens (tertiary/aromatic N) is 4. The molecule has 1 aliphatic heterocycles. The van der Waals surface area contributed by atoms with Crippen molar-refractivity contribution in [1.29, 1.82) is 0 Å². The van der Waals surface area contributed by atoms with Crippen LogP contribution in [-0.2, 0) is 11.3 Å². The molecule has 0 bridgehead atoms. The van der Waals surface area contributed by atoms with Gasteiger partial charge in [-0.05, 0) is 18.2 Å². The van der Waals surface area contributed by atoms with E-state index in [0.29, 0.717) is 38.2 Å². The number of rotatable bonds is 6. The third-order valence-corrected chi connectivity index (χ3v) is 5.33. The van der Waals surface area contributed by atoms with Gasteiger partial charge in [-0.1, -0.05) is 0 Å². The number of aromatic nitrogens is 3. The molecule has 30 heavy (non-hydrogen) atoms. The van der Waals surface area contributed by atoms with E-state index in [-0.39, 0.29) is 11.8 Å². The molecule has 4 N–H and O–H groups in total. The van der Waals surface area contributed by atoms with Gasteiger partial charge in [-0.15, -0.1) is 0 Å². The number of H-pyrrole nitrogens is 1. The molecule has 1 fully saturated rings. The van der Waals surface area contributed by atoms with Gasteiger partial charge in [-0.2, -0.15) is 0 Å². The molecule has 1 saturated heterocycles. The maximum atomic E-state index is 12.4. The molecule has 0 atom stereocenters. The second-order valence-electron chi connectivity index (χ2n) is 7.20. The van der Waals surface area contributed by atoms with Gasteiger partial charge in [-0.25, -0.2) is 4.98 Å². The van der Waals surface area contributed by atoms with E-state index in [2.05, 4.69) is 25.2 Å². The van der Waals surface area contributed by atoms with Crippen LogP contribution in [-0.4, -0.2) is 64.4 Å². The molecule has 0 spiro atoms. The lowest BCUT2D eigenvalue weighted by Gasteiger charge is -2.36. The highest BCUT2D eigenvalue weighted by Crippen LogP contribution is 2.29. The fourth-order valence-corrected chi connectivity index (χ4v) is 3.76. The molecular formula is C21H25N7O2. The lowest BCUT2D eigenvalue weighted by atomic mass is 10.1. The van der Waals surface area contributed by atoms with E-state index in [4.69, 9.17) is 5.73 Å². The van der Waals surface area contributed by atoms with Crippen LogP contribution in [0.2, 0.25) is 0 Å². The molecule has 9 nitrogen and oxygen atoms in total. The van der Waals surface area contributed by atoms with Crippen molar-refractivity contribution < 1.29 is 9.59 Å². The van der Waals surface area contributed by atoms with Crippen molar-refractivity contribution in [2.75, 3.05) is 37.6 Å². The summed E-state index contributed by atoms with van der Waals surface area (Å²) < 4.78 is 0. The molecular weight excluding hydrogens is 382 g/mol. The zero-order chi connectivity index (χ0) is 20.9. The lowest BCUT2D eigenvalue weighted by Crippen LogP contribution is -2.49. The van der Waals surface area contributed by atoms with Crippen LogP contribution < -0.4 is 16.0 Å². The van der Waals surface area contributed by atoms with Gasteiger partial charge in [0.05, 0.1) is 5.56 Å². The number of pyridine rings is 2. The van der Waals surface area contributed by atoms with Crippen LogP contribution in [0, 0.1) is 0 Å². The number of carbonyl (C=O) groups is 2. The lowest BCUT2D eigenvalue weighted by molar-refractivity contribution is -0.131. The predicted molar refractivity (Wildman–Crippen MR) is 114 cm³/mol. The van der Waals surface area contributed by atoms with Gasteiger partial charge in [0.1, 0.15) is 5.65 Å². The Balaban J connectivity index is 1.49. The van der Waals surface area contributed by atoms with Crippen molar-refractivity contribution >= 4 is 28.5 Å². The molecule has 156 valence electrons. The number of amides is 2. The number of nitrogens with one attached hydrogen (secondary N) is 2. The summed E-state index contributed by atoms with van der Waals surface area (Å²) in [4.78, 5) is 40.2. The highest BCUT2D eigenvalue weighted by atomic mass is 16.2. The van der Waals surface area contributed by atoms with Crippen LogP contribution >= 0.6 is 0 Å². The minimum atomic E-state index is -0.171. The monoisotopic (exact) mass is 407 g/mol. The Labute approximate surface area is 174 Å². The summed E-state index contributed by atoms with van der Waals surface area (Å²) >= 11 is 0. The van der Waals surface area contributed by atoms with Crippen molar-refractivity contribution in [2.24, 2.45) is 5.73 Å². The quantitative estimate of drug-likeness (QED) is 0.558. The van der Waals surface area contributed by atoms with Crippen LogP contribution in [0.25, 0.3) is 11.0 Å². The smallest absolute Gasteiger partial charge is 0.253 e. The summed E-state index contributed by atoms with van der Waals surface area (Å²) in [7, 11) is 0. The standard InChI is InChI=1S/C21H25N7O2/c22-5-3-18(29)28-10-8-27(9-11-28)17-4-7-24-20-19(17)16(13-25-20)14-26-21(30)15-2-1-6-23-12-15/h1-2,4,6-7,12-13H,3,5,8-11,14,22H2,(H,24,25)(H,26,30). The summed E-state index contributed by atoms with van der Waals surface area (Å²) in [6.45, 7) is 3.56. The van der Waals surface area contributed by atoms with E-state index < -0.39 is 0 Å². The summed E-state index contributed by atoms with van der Waals surface area (Å²) in [6, 6.07) is 5.45. The van der Waals surface area contributed by atoms with Gasteiger partial charge in [0.2, 0.25) is 5.91 Å². The van der Waals surface area contributed by atoms with E-state index in [1.54, 1.807) is 30.7 Å². The average Bonchev–Trinajstić information content (AvgIpc) is 3.21. The molecule has 4 rings (SSSR count). The van der Waals surface area contributed by atoms with E-state index in [9.17, 15) is 9.59 Å². The molecule has 0 unspecified atom stereocenters. The number of hydrogen-bond acceptors (Lipinski definition) is 6. The Morgan fingerprint density at radius 3 is 2.73 bits per heavy atom. The van der Waals surface area contributed by atoms with Gasteiger partial charge >= 0.3 is 0 Å². The Morgan fingerprint density at radius 1 is 1.17 bits per heavy atom. The molecule has 0 saturated carbocycles. The highest BCUT2D eigenvalue weighted by Gasteiger charge is 2.23. The van der Waals surface area contributed by atoms with Gasteiger partial charge in [0, 0.05) is 87.1 Å². The van der Waals surface area contributed by atoms with E-state index in [1.807, 2.05) is 17.2 Å². The van der Waals surface area contributed by atoms with Gasteiger partial charge in [0.25, 0.3) is 5.91 Å². The van der Waals surface area contributed by atoms with Crippen molar-refractivity contribution in [1.82, 2.24) is 25.2 Å². The minimum absolute atomic E-state index is 0.109. The third-order valence-electron chi connectivity index (χ3n) is 5.33. The Morgan fingerprint density at radius 2 is 2.00 bits per heavy atom. The SMILES string of the molecule is NCCC(=O)N1CCN(c2ccnc3[nH]cc(CNC(=O)c4cccnc4)c23)CC1. The van der Waals surface area contributed by atoms with Crippen LogP contribution in [0.3, 0.4) is 0 Å². The molecule has 9 heteroatoms. The first kappa shape index (κ1) is 19.8. The van der Waals surface area contributed by atoms with Crippen LogP contribution in [0.4, 0.5) is 5.69 Å². The van der Waals surface area contributed by atoms with E-state index in [0.717, 1.165) is 35.4 Å². The molecule has 2 amide bonds. The zero-order valence-corrected chi connectivity index (χ0v) is 16.7. The molecule has 0 aliphatic carbocycles. The molecule has 4 heterocycles. The Bertz CT molecular complexity index is 1030. The second kappa shape index (κ2) is 8.91. The summed E-state index contributed by atoms with van der Waals surface area (Å²) in [5.41, 5.74) is 8.82. The molecule has 3 aromatic heterocycles. The van der Waals surface area contributed by atoms with E-state index >= 15 is 0 Å².